The Morgan fingerprint density at radius 1 is 1.19 bits per heavy atom. The van der Waals surface area contributed by atoms with E-state index in [1.165, 1.54) is 40.3 Å². The first-order valence-corrected chi connectivity index (χ1v) is 9.24. The molecule has 0 saturated carbocycles. The molecule has 5 nitrogen and oxygen atoms in total. The maximum absolute atomic E-state index is 13.1. The maximum atomic E-state index is 13.1. The van der Waals surface area contributed by atoms with Gasteiger partial charge < -0.3 is 5.32 Å². The fourth-order valence-electron chi connectivity index (χ4n) is 3.03. The van der Waals surface area contributed by atoms with E-state index in [-0.39, 0.29) is 11.4 Å². The number of halogens is 1. The van der Waals surface area contributed by atoms with Gasteiger partial charge in [0.25, 0.3) is 5.56 Å². The Kier molecular flexibility index (Phi) is 4.24. The molecule has 2 heterocycles. The Balaban J connectivity index is 1.77. The Labute approximate surface area is 158 Å². The summed E-state index contributed by atoms with van der Waals surface area (Å²) in [5.74, 6) is -0.779. The molecule has 0 saturated heterocycles. The molecular weight excluding hydrogens is 365 g/mol. The van der Waals surface area contributed by atoms with Crippen LogP contribution in [0.2, 0.25) is 0 Å². The van der Waals surface area contributed by atoms with Crippen LogP contribution in [0.3, 0.4) is 0 Å². The number of hydrogen-bond acceptors (Lipinski definition) is 4. The van der Waals surface area contributed by atoms with Crippen molar-refractivity contribution in [1.29, 1.82) is 0 Å². The number of amides is 1. The number of aromatic nitrogens is 2. The topological polar surface area (TPSA) is 64.0 Å². The van der Waals surface area contributed by atoms with Crippen LogP contribution in [0.1, 0.15) is 18.7 Å². The average molecular weight is 381 g/mol. The van der Waals surface area contributed by atoms with Gasteiger partial charge in [-0.1, -0.05) is 18.2 Å². The molecule has 4 aromatic rings. The number of nitrogens with zero attached hydrogens (tertiary/aromatic N) is 2. The van der Waals surface area contributed by atoms with Gasteiger partial charge in [-0.25, -0.2) is 9.07 Å². The highest BCUT2D eigenvalue weighted by Gasteiger charge is 2.22. The van der Waals surface area contributed by atoms with Crippen molar-refractivity contribution in [2.75, 3.05) is 5.32 Å². The molecule has 7 heteroatoms. The third-order valence-electron chi connectivity index (χ3n) is 4.46. The van der Waals surface area contributed by atoms with E-state index in [0.29, 0.717) is 16.8 Å². The van der Waals surface area contributed by atoms with E-state index in [9.17, 15) is 14.0 Å². The van der Waals surface area contributed by atoms with Crippen molar-refractivity contribution in [1.82, 2.24) is 9.78 Å². The van der Waals surface area contributed by atoms with Crippen LogP contribution in [0.25, 0.3) is 20.2 Å². The fourth-order valence-corrected chi connectivity index (χ4v) is 4.17. The van der Waals surface area contributed by atoms with Gasteiger partial charge in [0.2, 0.25) is 5.91 Å². The quantitative estimate of drug-likeness (QED) is 0.577. The van der Waals surface area contributed by atoms with Gasteiger partial charge in [0, 0.05) is 15.8 Å². The molecule has 27 heavy (non-hydrogen) atoms. The van der Waals surface area contributed by atoms with Crippen molar-refractivity contribution in [2.24, 2.45) is 0 Å². The molecule has 1 amide bonds. The van der Waals surface area contributed by atoms with Gasteiger partial charge in [0.1, 0.15) is 11.9 Å². The number of anilines is 1. The molecule has 1 atom stereocenters. The van der Waals surface area contributed by atoms with Gasteiger partial charge in [0.15, 0.2) is 0 Å². The predicted molar refractivity (Wildman–Crippen MR) is 106 cm³/mol. The fraction of sp³-hybridized carbons (Fsp3) is 0.150. The first kappa shape index (κ1) is 17.4. The molecule has 0 aliphatic heterocycles. The highest BCUT2D eigenvalue weighted by Crippen LogP contribution is 2.32. The molecule has 2 aromatic carbocycles. The van der Waals surface area contributed by atoms with Crippen LogP contribution in [0, 0.1) is 12.7 Å². The van der Waals surface area contributed by atoms with E-state index < -0.39 is 11.9 Å². The Morgan fingerprint density at radius 2 is 1.89 bits per heavy atom. The lowest BCUT2D eigenvalue weighted by Crippen LogP contribution is -2.33. The van der Waals surface area contributed by atoms with Crippen LogP contribution in [-0.4, -0.2) is 15.7 Å². The lowest BCUT2D eigenvalue weighted by atomic mass is 10.2. The van der Waals surface area contributed by atoms with Crippen molar-refractivity contribution < 1.29 is 9.18 Å². The molecule has 0 unspecified atom stereocenters. The lowest BCUT2D eigenvalue weighted by molar-refractivity contribution is -0.119. The maximum Gasteiger partial charge on any atom is 0.276 e. The third kappa shape index (κ3) is 3.00. The average Bonchev–Trinajstić information content (AvgIpc) is 3.06. The number of rotatable bonds is 3. The largest absolute Gasteiger partial charge is 0.324 e. The molecule has 2 aromatic heterocycles. The number of hydrogen-bond donors (Lipinski definition) is 1. The molecule has 136 valence electrons. The van der Waals surface area contributed by atoms with E-state index in [1.807, 2.05) is 31.2 Å². The number of carbonyl (C=O) groups is 1. The summed E-state index contributed by atoms with van der Waals surface area (Å²) < 4.78 is 16.1. The molecule has 0 aliphatic rings. The summed E-state index contributed by atoms with van der Waals surface area (Å²) in [6, 6.07) is 12.3. The van der Waals surface area contributed by atoms with Gasteiger partial charge in [-0.15, -0.1) is 11.3 Å². The SMILES string of the molecule is Cc1nn([C@H](C)C(=O)Nc2ccc(F)cc2)c(=O)c2c1sc1ccccc12. The van der Waals surface area contributed by atoms with Crippen LogP contribution in [0.15, 0.2) is 53.3 Å². The van der Waals surface area contributed by atoms with Gasteiger partial charge in [-0.2, -0.15) is 5.10 Å². The van der Waals surface area contributed by atoms with Crippen molar-refractivity contribution in [3.8, 4) is 0 Å². The Bertz CT molecular complexity index is 1230. The van der Waals surface area contributed by atoms with Crippen molar-refractivity contribution >= 4 is 43.1 Å². The standard InChI is InChI=1S/C20H16FN3O2S/c1-11-18-17(15-5-3-4-6-16(15)27-18)20(26)24(23-11)12(2)19(25)22-14-9-7-13(21)8-10-14/h3-10,12H,1-2H3,(H,22,25)/t12-/m1/s1. The number of nitrogens with one attached hydrogen (secondary N) is 1. The van der Waals surface area contributed by atoms with Gasteiger partial charge in [-0.05, 0) is 44.2 Å². The van der Waals surface area contributed by atoms with Crippen LogP contribution in [0.5, 0.6) is 0 Å². The first-order valence-electron chi connectivity index (χ1n) is 8.43. The number of benzene rings is 2. The zero-order valence-corrected chi connectivity index (χ0v) is 15.5. The Hall–Kier alpha value is -3.06. The van der Waals surface area contributed by atoms with Crippen LogP contribution < -0.4 is 10.9 Å². The zero-order valence-electron chi connectivity index (χ0n) is 14.7. The number of aryl methyl sites for hydroxylation is 1. The smallest absolute Gasteiger partial charge is 0.276 e. The van der Waals surface area contributed by atoms with E-state index in [2.05, 4.69) is 10.4 Å². The van der Waals surface area contributed by atoms with Gasteiger partial charge in [-0.3, -0.25) is 9.59 Å². The van der Waals surface area contributed by atoms with E-state index in [4.69, 9.17) is 0 Å². The summed E-state index contributed by atoms with van der Waals surface area (Å²) in [5.41, 5.74) is 0.863. The second kappa shape index (κ2) is 6.59. The monoisotopic (exact) mass is 381 g/mol. The minimum Gasteiger partial charge on any atom is -0.324 e. The summed E-state index contributed by atoms with van der Waals surface area (Å²) >= 11 is 1.52. The summed E-state index contributed by atoms with van der Waals surface area (Å²) in [7, 11) is 0. The zero-order chi connectivity index (χ0) is 19.1. The molecule has 0 spiro atoms. The van der Waals surface area contributed by atoms with E-state index in [1.54, 1.807) is 6.92 Å². The molecule has 4 rings (SSSR count). The second-order valence-electron chi connectivity index (χ2n) is 6.31. The van der Waals surface area contributed by atoms with Crippen molar-refractivity contribution in [3.05, 3.63) is 70.4 Å². The summed E-state index contributed by atoms with van der Waals surface area (Å²) in [5, 5.41) is 8.51. The molecule has 0 radical (unpaired) electrons. The molecule has 1 N–H and O–H groups in total. The summed E-state index contributed by atoms with van der Waals surface area (Å²) in [6.07, 6.45) is 0. The van der Waals surface area contributed by atoms with Gasteiger partial charge >= 0.3 is 0 Å². The Morgan fingerprint density at radius 3 is 2.63 bits per heavy atom. The van der Waals surface area contributed by atoms with Crippen LogP contribution >= 0.6 is 11.3 Å². The third-order valence-corrected chi connectivity index (χ3v) is 5.74. The molecular formula is C20H16FN3O2S. The summed E-state index contributed by atoms with van der Waals surface area (Å²) in [4.78, 5) is 25.7. The minimum absolute atomic E-state index is 0.296. The highest BCUT2D eigenvalue weighted by molar-refractivity contribution is 7.26. The minimum atomic E-state index is -0.815. The molecule has 0 bridgehead atoms. The van der Waals surface area contributed by atoms with Crippen molar-refractivity contribution in [3.63, 3.8) is 0 Å². The number of thiophene rings is 1. The lowest BCUT2D eigenvalue weighted by Gasteiger charge is -2.15. The molecule has 0 fully saturated rings. The number of fused-ring (bicyclic) bond motifs is 3. The predicted octanol–water partition coefficient (Wildman–Crippen LogP) is 4.26. The molecule has 0 aliphatic carbocycles. The first-order chi connectivity index (χ1) is 13.0. The van der Waals surface area contributed by atoms with Crippen molar-refractivity contribution in [2.45, 2.75) is 19.9 Å². The number of carbonyl (C=O) groups excluding carboxylic acids is 1. The van der Waals surface area contributed by atoms with E-state index in [0.717, 1.165) is 14.8 Å². The van der Waals surface area contributed by atoms with Crippen LogP contribution in [0.4, 0.5) is 10.1 Å². The van der Waals surface area contributed by atoms with Gasteiger partial charge in [0.05, 0.1) is 15.8 Å². The second-order valence-corrected chi connectivity index (χ2v) is 7.36. The highest BCUT2D eigenvalue weighted by atomic mass is 32.1. The normalized spacial score (nSPS) is 12.4. The van der Waals surface area contributed by atoms with E-state index >= 15 is 0 Å². The van der Waals surface area contributed by atoms with Crippen LogP contribution in [-0.2, 0) is 4.79 Å². The summed E-state index contributed by atoms with van der Waals surface area (Å²) in [6.45, 7) is 3.45.